The van der Waals surface area contributed by atoms with Gasteiger partial charge >= 0.3 is 0 Å². The van der Waals surface area contributed by atoms with Gasteiger partial charge in [-0.05, 0) is 30.2 Å². The highest BCUT2D eigenvalue weighted by atomic mass is 16.2. The Balaban J connectivity index is 1.45. The Morgan fingerprint density at radius 3 is 2.03 bits per heavy atom. The molecule has 4 rings (SSSR count). The number of nitrogens with one attached hydrogen (secondary N) is 2. The molecule has 0 radical (unpaired) electrons. The number of aromatic nitrogens is 6. The van der Waals surface area contributed by atoms with Crippen LogP contribution in [0.1, 0.15) is 34.8 Å². The minimum absolute atomic E-state index is 0.0895. The maximum atomic E-state index is 12.7. The fraction of sp³-hybridized carbons (Fsp3) is 0.263. The lowest BCUT2D eigenvalue weighted by atomic mass is 10.0. The summed E-state index contributed by atoms with van der Waals surface area (Å²) in [6.07, 6.45) is 6.14. The molecule has 0 aromatic carbocycles. The van der Waals surface area contributed by atoms with Gasteiger partial charge in [0, 0.05) is 25.0 Å². The first-order valence-electron chi connectivity index (χ1n) is 9.21. The van der Waals surface area contributed by atoms with E-state index in [9.17, 15) is 9.59 Å². The molecule has 0 saturated heterocycles. The van der Waals surface area contributed by atoms with Crippen LogP contribution in [0.2, 0.25) is 0 Å². The molecule has 4 aromatic heterocycles. The molecule has 1 unspecified atom stereocenters. The van der Waals surface area contributed by atoms with Crippen LogP contribution in [0.15, 0.2) is 49.1 Å². The van der Waals surface area contributed by atoms with Crippen molar-refractivity contribution in [1.29, 1.82) is 0 Å². The predicted molar refractivity (Wildman–Crippen MR) is 104 cm³/mol. The third-order valence-electron chi connectivity index (χ3n) is 4.62. The molecule has 4 heterocycles. The van der Waals surface area contributed by atoms with Crippen molar-refractivity contribution < 1.29 is 9.59 Å². The molecule has 2 amide bonds. The van der Waals surface area contributed by atoms with E-state index in [0.29, 0.717) is 22.7 Å². The lowest BCUT2D eigenvalue weighted by Gasteiger charge is -2.22. The molecule has 148 valence electrons. The van der Waals surface area contributed by atoms with Gasteiger partial charge in [-0.1, -0.05) is 13.8 Å². The first-order valence-corrected chi connectivity index (χ1v) is 9.21. The van der Waals surface area contributed by atoms with Crippen LogP contribution < -0.4 is 10.6 Å². The van der Waals surface area contributed by atoms with E-state index in [1.807, 2.05) is 13.8 Å². The summed E-state index contributed by atoms with van der Waals surface area (Å²) in [6.45, 7) is 4.20. The van der Waals surface area contributed by atoms with Gasteiger partial charge in [-0.15, -0.1) is 0 Å². The predicted octanol–water partition coefficient (Wildman–Crippen LogP) is 0.956. The van der Waals surface area contributed by atoms with Gasteiger partial charge < -0.3 is 10.6 Å². The van der Waals surface area contributed by atoms with Crippen molar-refractivity contribution in [2.24, 2.45) is 5.92 Å². The van der Waals surface area contributed by atoms with Crippen LogP contribution in [-0.2, 0) is 0 Å². The number of amides is 2. The van der Waals surface area contributed by atoms with Crippen molar-refractivity contribution in [1.82, 2.24) is 39.8 Å². The Morgan fingerprint density at radius 1 is 0.931 bits per heavy atom. The highest BCUT2D eigenvalue weighted by molar-refractivity contribution is 5.94. The van der Waals surface area contributed by atoms with Crippen LogP contribution in [-0.4, -0.2) is 53.6 Å². The topological polar surface area (TPSA) is 119 Å². The number of fused-ring (bicyclic) bond motifs is 2. The Labute approximate surface area is 166 Å². The highest BCUT2D eigenvalue weighted by Crippen LogP contribution is 2.08. The lowest BCUT2D eigenvalue weighted by molar-refractivity contribution is 0.0889. The molecule has 0 saturated carbocycles. The van der Waals surface area contributed by atoms with Crippen LogP contribution in [0.5, 0.6) is 0 Å². The van der Waals surface area contributed by atoms with E-state index in [-0.39, 0.29) is 30.3 Å². The van der Waals surface area contributed by atoms with Gasteiger partial charge in [0.1, 0.15) is 11.4 Å². The Hall–Kier alpha value is -3.82. The van der Waals surface area contributed by atoms with Crippen molar-refractivity contribution in [3.8, 4) is 0 Å². The zero-order chi connectivity index (χ0) is 20.4. The van der Waals surface area contributed by atoms with Crippen molar-refractivity contribution in [3.05, 3.63) is 60.4 Å². The van der Waals surface area contributed by atoms with Crippen LogP contribution in [0.25, 0.3) is 11.3 Å². The molecule has 10 nitrogen and oxygen atoms in total. The maximum absolute atomic E-state index is 12.7. The summed E-state index contributed by atoms with van der Waals surface area (Å²) < 4.78 is 2.96. The number of imidazole rings is 2. The van der Waals surface area contributed by atoms with Gasteiger partial charge in [0.25, 0.3) is 11.8 Å². The average Bonchev–Trinajstić information content (AvgIpc) is 3.35. The Kier molecular flexibility index (Phi) is 4.90. The summed E-state index contributed by atoms with van der Waals surface area (Å²) in [4.78, 5) is 33.7. The normalized spacial score (nSPS) is 12.4. The summed E-state index contributed by atoms with van der Waals surface area (Å²) in [5.74, 6) is -0.528. The molecule has 0 spiro atoms. The molecular weight excluding hydrogens is 372 g/mol. The van der Waals surface area contributed by atoms with Gasteiger partial charge in [0.15, 0.2) is 11.3 Å². The van der Waals surface area contributed by atoms with E-state index in [0.717, 1.165) is 0 Å². The van der Waals surface area contributed by atoms with Crippen molar-refractivity contribution in [3.63, 3.8) is 0 Å². The number of carbonyl (C=O) groups excluding carboxylic acids is 2. The minimum atomic E-state index is -0.312. The number of nitrogens with zero attached hydrogens (tertiary/aromatic N) is 6. The van der Waals surface area contributed by atoms with Crippen LogP contribution >= 0.6 is 0 Å². The van der Waals surface area contributed by atoms with E-state index in [4.69, 9.17) is 0 Å². The Bertz CT molecular complexity index is 1180. The fourth-order valence-electron chi connectivity index (χ4n) is 2.96. The summed E-state index contributed by atoms with van der Waals surface area (Å²) >= 11 is 0. The SMILES string of the molecule is CC(C)C(CNC(=O)c1cnc2cccnn12)NC(=O)c1cnc2cccnn12. The number of rotatable bonds is 6. The lowest BCUT2D eigenvalue weighted by Crippen LogP contribution is -2.47. The van der Waals surface area contributed by atoms with E-state index in [1.165, 1.54) is 21.4 Å². The molecule has 1 atom stereocenters. The summed E-state index contributed by atoms with van der Waals surface area (Å²) in [6, 6.07) is 6.76. The second-order valence-electron chi connectivity index (χ2n) is 6.91. The number of carbonyl (C=O) groups is 2. The first-order chi connectivity index (χ1) is 14.0. The molecule has 0 aliphatic heterocycles. The first kappa shape index (κ1) is 18.5. The zero-order valence-electron chi connectivity index (χ0n) is 16.0. The zero-order valence-corrected chi connectivity index (χ0v) is 16.0. The molecule has 2 N–H and O–H groups in total. The molecular formula is C19H20N8O2. The van der Waals surface area contributed by atoms with Gasteiger partial charge in [-0.25, -0.2) is 19.0 Å². The average molecular weight is 392 g/mol. The molecule has 29 heavy (non-hydrogen) atoms. The van der Waals surface area contributed by atoms with Crippen molar-refractivity contribution in [2.45, 2.75) is 19.9 Å². The van der Waals surface area contributed by atoms with Crippen LogP contribution in [0, 0.1) is 5.92 Å². The van der Waals surface area contributed by atoms with E-state index in [1.54, 1.807) is 36.7 Å². The van der Waals surface area contributed by atoms with E-state index >= 15 is 0 Å². The molecule has 0 bridgehead atoms. The standard InChI is InChI=1S/C19H20N8O2/c1-12(2)13(25-19(29)15-11-21-17-6-4-8-24-27(15)17)9-22-18(28)14-10-20-16-5-3-7-23-26(14)16/h3-8,10-13H,9H2,1-2H3,(H,22,28)(H,25,29). The van der Waals surface area contributed by atoms with Crippen molar-refractivity contribution in [2.75, 3.05) is 6.54 Å². The molecule has 10 heteroatoms. The van der Waals surface area contributed by atoms with Gasteiger partial charge in [0.05, 0.1) is 12.4 Å². The molecule has 0 fully saturated rings. The van der Waals surface area contributed by atoms with E-state index in [2.05, 4.69) is 30.8 Å². The highest BCUT2D eigenvalue weighted by Gasteiger charge is 2.22. The van der Waals surface area contributed by atoms with Crippen molar-refractivity contribution >= 4 is 23.1 Å². The molecule has 4 aromatic rings. The van der Waals surface area contributed by atoms with E-state index < -0.39 is 0 Å². The largest absolute Gasteiger partial charge is 0.349 e. The molecule has 0 aliphatic carbocycles. The van der Waals surface area contributed by atoms with Crippen LogP contribution in [0.4, 0.5) is 0 Å². The number of hydrogen-bond acceptors (Lipinski definition) is 6. The smallest absolute Gasteiger partial charge is 0.271 e. The van der Waals surface area contributed by atoms with Gasteiger partial charge in [0.2, 0.25) is 0 Å². The summed E-state index contributed by atoms with van der Waals surface area (Å²) in [5, 5.41) is 14.1. The maximum Gasteiger partial charge on any atom is 0.271 e. The summed E-state index contributed by atoms with van der Waals surface area (Å²) in [5.41, 5.74) is 1.85. The Morgan fingerprint density at radius 2 is 1.48 bits per heavy atom. The quantitative estimate of drug-likeness (QED) is 0.504. The summed E-state index contributed by atoms with van der Waals surface area (Å²) in [7, 11) is 0. The minimum Gasteiger partial charge on any atom is -0.349 e. The fourth-order valence-corrected chi connectivity index (χ4v) is 2.96. The second-order valence-corrected chi connectivity index (χ2v) is 6.91. The third-order valence-corrected chi connectivity index (χ3v) is 4.62. The molecule has 0 aliphatic rings. The van der Waals surface area contributed by atoms with Gasteiger partial charge in [-0.3, -0.25) is 9.59 Å². The monoisotopic (exact) mass is 392 g/mol. The third kappa shape index (κ3) is 3.64. The van der Waals surface area contributed by atoms with Gasteiger partial charge in [-0.2, -0.15) is 10.2 Å². The second kappa shape index (κ2) is 7.66. The van der Waals surface area contributed by atoms with Crippen LogP contribution in [0.3, 0.4) is 0 Å². The number of hydrogen-bond donors (Lipinski definition) is 2.